The lowest BCUT2D eigenvalue weighted by Gasteiger charge is -2.04. The zero-order chi connectivity index (χ0) is 15.5. The van der Waals surface area contributed by atoms with E-state index in [0.29, 0.717) is 17.0 Å². The zero-order valence-electron chi connectivity index (χ0n) is 11.8. The summed E-state index contributed by atoms with van der Waals surface area (Å²) in [6.07, 6.45) is 3.63. The first-order chi connectivity index (χ1) is 10.7. The fourth-order valence-corrected chi connectivity index (χ4v) is 2.28. The molecule has 22 heavy (non-hydrogen) atoms. The quantitative estimate of drug-likeness (QED) is 0.800. The van der Waals surface area contributed by atoms with Gasteiger partial charge in [-0.1, -0.05) is 18.2 Å². The van der Waals surface area contributed by atoms with Crippen LogP contribution in [0.4, 0.5) is 4.39 Å². The summed E-state index contributed by atoms with van der Waals surface area (Å²) in [6, 6.07) is 11.7. The van der Waals surface area contributed by atoms with Crippen molar-refractivity contribution in [2.75, 3.05) is 7.11 Å². The van der Waals surface area contributed by atoms with E-state index in [2.05, 4.69) is 16.3 Å². The minimum atomic E-state index is -0.275. The molecule has 1 heterocycles. The Hall–Kier alpha value is -3.13. The number of hydrogen-bond acceptors (Lipinski definition) is 3. The Morgan fingerprint density at radius 2 is 1.95 bits per heavy atom. The predicted molar refractivity (Wildman–Crippen MR) is 82.7 cm³/mol. The molecule has 0 saturated heterocycles. The van der Waals surface area contributed by atoms with Crippen molar-refractivity contribution < 1.29 is 9.13 Å². The second-order valence-corrected chi connectivity index (χ2v) is 4.67. The normalized spacial score (nSPS) is 11.0. The van der Waals surface area contributed by atoms with Crippen molar-refractivity contribution in [2.45, 2.75) is 0 Å². The van der Waals surface area contributed by atoms with Gasteiger partial charge in [0.1, 0.15) is 17.6 Å². The molecule has 0 aliphatic rings. The van der Waals surface area contributed by atoms with E-state index in [9.17, 15) is 4.39 Å². The Morgan fingerprint density at radius 1 is 1.18 bits per heavy atom. The lowest BCUT2D eigenvalue weighted by molar-refractivity contribution is 0.418. The molecule has 4 nitrogen and oxygen atoms in total. The van der Waals surface area contributed by atoms with E-state index < -0.39 is 0 Å². The molecule has 0 spiro atoms. The highest BCUT2D eigenvalue weighted by molar-refractivity contribution is 5.95. The average Bonchev–Trinajstić information content (AvgIpc) is 2.96. The number of benzene rings is 2. The maximum absolute atomic E-state index is 12.9. The lowest BCUT2D eigenvalue weighted by Crippen LogP contribution is -1.89. The number of halogens is 1. The second kappa shape index (κ2) is 5.70. The van der Waals surface area contributed by atoms with E-state index in [-0.39, 0.29) is 5.82 Å². The van der Waals surface area contributed by atoms with Gasteiger partial charge in [-0.3, -0.25) is 5.10 Å². The highest BCUT2D eigenvalue weighted by Crippen LogP contribution is 2.31. The molecular formula is C17H12FN3O. The Balaban J connectivity index is 2.08. The van der Waals surface area contributed by atoms with Crippen LogP contribution in [0.15, 0.2) is 36.4 Å². The molecule has 1 aromatic heterocycles. The van der Waals surface area contributed by atoms with Crippen LogP contribution in [-0.2, 0) is 0 Å². The number of H-pyrrole nitrogens is 1. The van der Waals surface area contributed by atoms with Gasteiger partial charge in [0.2, 0.25) is 0 Å². The summed E-state index contributed by atoms with van der Waals surface area (Å²) in [5.74, 6) is 0.218. The number of aromatic nitrogens is 2. The Morgan fingerprint density at radius 3 is 2.64 bits per heavy atom. The van der Waals surface area contributed by atoms with Crippen LogP contribution in [0.25, 0.3) is 23.1 Å². The van der Waals surface area contributed by atoms with Gasteiger partial charge in [0.15, 0.2) is 0 Å². The summed E-state index contributed by atoms with van der Waals surface area (Å²) in [5, 5.41) is 17.1. The maximum Gasteiger partial charge on any atom is 0.148 e. The molecule has 2 aromatic carbocycles. The summed E-state index contributed by atoms with van der Waals surface area (Å²) in [5.41, 5.74) is 2.75. The number of nitriles is 1. The molecule has 0 saturated carbocycles. The Labute approximate surface area is 126 Å². The Bertz CT molecular complexity index is 889. The molecule has 0 aliphatic carbocycles. The molecule has 5 heteroatoms. The van der Waals surface area contributed by atoms with Crippen LogP contribution in [0.5, 0.6) is 5.75 Å². The molecule has 0 radical (unpaired) electrons. The van der Waals surface area contributed by atoms with Crippen molar-refractivity contribution >= 4 is 23.1 Å². The Kier molecular flexibility index (Phi) is 3.58. The van der Waals surface area contributed by atoms with E-state index in [1.165, 1.54) is 19.2 Å². The first-order valence-corrected chi connectivity index (χ1v) is 6.61. The van der Waals surface area contributed by atoms with Gasteiger partial charge in [-0.05, 0) is 35.9 Å². The van der Waals surface area contributed by atoms with Crippen LogP contribution in [-0.4, -0.2) is 17.3 Å². The van der Waals surface area contributed by atoms with Crippen molar-refractivity contribution in [3.05, 3.63) is 59.0 Å². The van der Waals surface area contributed by atoms with Crippen molar-refractivity contribution in [2.24, 2.45) is 0 Å². The standard InChI is InChI=1S/C17H12FN3O/c1-22-17-12(10-19)5-9-15-16(17)14(20-21-15)8-4-11-2-6-13(18)7-3-11/h2-9H,1H3,(H,20,21). The number of ether oxygens (including phenoxy) is 1. The first-order valence-electron chi connectivity index (χ1n) is 6.61. The molecule has 0 unspecified atom stereocenters. The number of nitrogens with zero attached hydrogens (tertiary/aromatic N) is 2. The summed E-state index contributed by atoms with van der Waals surface area (Å²) in [4.78, 5) is 0. The largest absolute Gasteiger partial charge is 0.495 e. The molecule has 0 amide bonds. The van der Waals surface area contributed by atoms with Crippen molar-refractivity contribution in [3.8, 4) is 11.8 Å². The van der Waals surface area contributed by atoms with Gasteiger partial charge < -0.3 is 4.74 Å². The number of nitrogens with one attached hydrogen (secondary N) is 1. The van der Waals surface area contributed by atoms with Crippen LogP contribution in [0.3, 0.4) is 0 Å². The van der Waals surface area contributed by atoms with Crippen LogP contribution < -0.4 is 4.74 Å². The van der Waals surface area contributed by atoms with Gasteiger partial charge in [0.05, 0.1) is 29.3 Å². The maximum atomic E-state index is 12.9. The van der Waals surface area contributed by atoms with E-state index in [1.54, 1.807) is 30.3 Å². The fraction of sp³-hybridized carbons (Fsp3) is 0.0588. The van der Waals surface area contributed by atoms with Crippen LogP contribution in [0.2, 0.25) is 0 Å². The second-order valence-electron chi connectivity index (χ2n) is 4.67. The van der Waals surface area contributed by atoms with Crippen molar-refractivity contribution in [1.82, 2.24) is 10.2 Å². The van der Waals surface area contributed by atoms with E-state index in [1.807, 2.05) is 6.08 Å². The molecule has 3 rings (SSSR count). The third kappa shape index (κ3) is 2.42. The van der Waals surface area contributed by atoms with Gasteiger partial charge in [0.25, 0.3) is 0 Å². The smallest absolute Gasteiger partial charge is 0.148 e. The van der Waals surface area contributed by atoms with Crippen molar-refractivity contribution in [3.63, 3.8) is 0 Å². The average molecular weight is 293 g/mol. The summed E-state index contributed by atoms with van der Waals surface area (Å²) >= 11 is 0. The van der Waals surface area contributed by atoms with Crippen molar-refractivity contribution in [1.29, 1.82) is 5.26 Å². The van der Waals surface area contributed by atoms with Gasteiger partial charge in [-0.15, -0.1) is 0 Å². The predicted octanol–water partition coefficient (Wildman–Crippen LogP) is 3.75. The van der Waals surface area contributed by atoms with E-state index >= 15 is 0 Å². The van der Waals surface area contributed by atoms with Crippen LogP contribution in [0, 0.1) is 17.1 Å². The molecule has 0 aliphatic heterocycles. The molecule has 0 bridgehead atoms. The third-order valence-electron chi connectivity index (χ3n) is 3.34. The molecule has 1 N–H and O–H groups in total. The SMILES string of the molecule is COc1c(C#N)ccc2[nH]nc(C=Cc3ccc(F)cc3)c12. The minimum absolute atomic E-state index is 0.275. The monoisotopic (exact) mass is 293 g/mol. The van der Waals surface area contributed by atoms with Gasteiger partial charge in [-0.2, -0.15) is 10.4 Å². The number of rotatable bonds is 3. The molecule has 108 valence electrons. The minimum Gasteiger partial charge on any atom is -0.495 e. The van der Waals surface area contributed by atoms with E-state index in [0.717, 1.165) is 16.5 Å². The number of aromatic amines is 1. The zero-order valence-corrected chi connectivity index (χ0v) is 11.8. The first kappa shape index (κ1) is 13.8. The topological polar surface area (TPSA) is 61.7 Å². The summed E-state index contributed by atoms with van der Waals surface area (Å²) in [6.45, 7) is 0. The van der Waals surface area contributed by atoms with Gasteiger partial charge in [-0.25, -0.2) is 4.39 Å². The fourth-order valence-electron chi connectivity index (χ4n) is 2.28. The molecular weight excluding hydrogens is 281 g/mol. The summed E-state index contributed by atoms with van der Waals surface area (Å²) < 4.78 is 18.3. The molecule has 3 aromatic rings. The molecule has 0 fully saturated rings. The van der Waals surface area contributed by atoms with Crippen LogP contribution >= 0.6 is 0 Å². The van der Waals surface area contributed by atoms with Gasteiger partial charge in [0, 0.05) is 0 Å². The number of methoxy groups -OCH3 is 1. The van der Waals surface area contributed by atoms with Gasteiger partial charge >= 0.3 is 0 Å². The number of fused-ring (bicyclic) bond motifs is 1. The van der Waals surface area contributed by atoms with Crippen LogP contribution in [0.1, 0.15) is 16.8 Å². The summed E-state index contributed by atoms with van der Waals surface area (Å²) in [7, 11) is 1.52. The lowest BCUT2D eigenvalue weighted by atomic mass is 10.1. The highest BCUT2D eigenvalue weighted by atomic mass is 19.1. The molecule has 0 atom stereocenters. The highest BCUT2D eigenvalue weighted by Gasteiger charge is 2.13. The van der Waals surface area contributed by atoms with E-state index in [4.69, 9.17) is 10.00 Å². The number of hydrogen-bond donors (Lipinski definition) is 1. The third-order valence-corrected chi connectivity index (χ3v) is 3.34.